The smallest absolute Gasteiger partial charge is 0.293 e. The van der Waals surface area contributed by atoms with Crippen LogP contribution in [0.3, 0.4) is 0 Å². The second kappa shape index (κ2) is 10.9. The summed E-state index contributed by atoms with van der Waals surface area (Å²) in [6.07, 6.45) is 0. The fraction of sp³-hybridized carbons (Fsp3) is 0.364. The Morgan fingerprint density at radius 2 is 1.91 bits per heavy atom. The Morgan fingerprint density at radius 3 is 2.58 bits per heavy atom. The first-order valence-electron chi connectivity index (χ1n) is 10.4. The molecule has 9 nitrogen and oxygen atoms in total. The van der Waals surface area contributed by atoms with E-state index in [4.69, 9.17) is 4.74 Å². The summed E-state index contributed by atoms with van der Waals surface area (Å²) in [5, 5.41) is 12.4. The fourth-order valence-corrected chi connectivity index (χ4v) is 4.58. The van der Waals surface area contributed by atoms with Crippen molar-refractivity contribution in [3.05, 3.63) is 58.1 Å². The number of thiazole rings is 1. The number of carbonyl (C=O) groups excluding carboxylic acids is 1. The predicted molar refractivity (Wildman–Crippen MR) is 133 cm³/mol. The second-order valence-corrected chi connectivity index (χ2v) is 8.79. The zero-order valence-electron chi connectivity index (χ0n) is 18.5. The molecular formula is C22H26ClN5O4S. The molecule has 1 aliphatic heterocycles. The molecular weight excluding hydrogens is 466 g/mol. The van der Waals surface area contributed by atoms with Gasteiger partial charge < -0.3 is 14.5 Å². The minimum absolute atomic E-state index is 0. The SMILES string of the molecule is CN(C)CCN(C(=O)c1ccc(N2CCOCC2)c([N+](=O)[O-])c1)c1nc2ccccc2s1.Cl. The molecule has 1 aromatic heterocycles. The lowest BCUT2D eigenvalue weighted by Gasteiger charge is -2.28. The molecule has 0 spiro atoms. The van der Waals surface area contributed by atoms with Gasteiger partial charge in [-0.3, -0.25) is 19.8 Å². The summed E-state index contributed by atoms with van der Waals surface area (Å²) in [5.74, 6) is -0.303. The molecule has 11 heteroatoms. The summed E-state index contributed by atoms with van der Waals surface area (Å²) >= 11 is 1.44. The molecule has 1 fully saturated rings. The number of nitro benzene ring substituents is 1. The molecule has 0 radical (unpaired) electrons. The van der Waals surface area contributed by atoms with Crippen molar-refractivity contribution >= 4 is 56.4 Å². The van der Waals surface area contributed by atoms with Crippen LogP contribution in [0.1, 0.15) is 10.4 Å². The Bertz CT molecular complexity index is 1100. The molecule has 33 heavy (non-hydrogen) atoms. The van der Waals surface area contributed by atoms with Gasteiger partial charge in [-0.15, -0.1) is 12.4 Å². The number of aromatic nitrogens is 1. The molecule has 2 aromatic carbocycles. The number of hydrogen-bond acceptors (Lipinski definition) is 8. The number of halogens is 1. The maximum atomic E-state index is 13.5. The van der Waals surface area contributed by atoms with Crippen molar-refractivity contribution in [3.8, 4) is 0 Å². The number of amides is 1. The zero-order valence-corrected chi connectivity index (χ0v) is 20.1. The summed E-state index contributed by atoms with van der Waals surface area (Å²) in [6.45, 7) is 3.26. The van der Waals surface area contributed by atoms with E-state index in [1.54, 1.807) is 17.0 Å². The molecule has 3 aromatic rings. The van der Waals surface area contributed by atoms with Crippen molar-refractivity contribution in [3.63, 3.8) is 0 Å². The number of benzene rings is 2. The van der Waals surface area contributed by atoms with Crippen molar-refractivity contribution in [2.24, 2.45) is 0 Å². The van der Waals surface area contributed by atoms with E-state index >= 15 is 0 Å². The molecule has 0 bridgehead atoms. The van der Waals surface area contributed by atoms with Crippen LogP contribution in [0.2, 0.25) is 0 Å². The maximum Gasteiger partial charge on any atom is 0.293 e. The highest BCUT2D eigenvalue weighted by atomic mass is 35.5. The molecule has 176 valence electrons. The van der Waals surface area contributed by atoms with Gasteiger partial charge in [-0.2, -0.15) is 0 Å². The van der Waals surface area contributed by atoms with E-state index in [2.05, 4.69) is 4.98 Å². The van der Waals surface area contributed by atoms with Crippen molar-refractivity contribution in [1.29, 1.82) is 0 Å². The van der Waals surface area contributed by atoms with Crippen LogP contribution in [0.15, 0.2) is 42.5 Å². The number of fused-ring (bicyclic) bond motifs is 1. The molecule has 0 saturated carbocycles. The van der Waals surface area contributed by atoms with E-state index in [1.165, 1.54) is 17.4 Å². The normalized spacial score (nSPS) is 13.7. The van der Waals surface area contributed by atoms with Crippen LogP contribution in [0, 0.1) is 10.1 Å². The number of hydrogen-bond donors (Lipinski definition) is 0. The fourth-order valence-electron chi connectivity index (χ4n) is 3.59. The van der Waals surface area contributed by atoms with Crippen LogP contribution in [0.25, 0.3) is 10.2 Å². The predicted octanol–water partition coefficient (Wildman–Crippen LogP) is 3.67. The highest BCUT2D eigenvalue weighted by molar-refractivity contribution is 7.22. The first-order valence-corrected chi connectivity index (χ1v) is 11.2. The summed E-state index contributed by atoms with van der Waals surface area (Å²) in [5.41, 5.74) is 1.53. The van der Waals surface area contributed by atoms with Crippen LogP contribution in [0.4, 0.5) is 16.5 Å². The standard InChI is InChI=1S/C22H25N5O4S.ClH/c1-24(2)9-10-26(22-23-17-5-3-4-6-20(17)32-22)21(28)16-7-8-18(19(15-16)27(29)30)25-11-13-31-14-12-25;/h3-8,15H,9-14H2,1-2H3;1H. The molecule has 0 unspecified atom stereocenters. The third-order valence-corrected chi connectivity index (χ3v) is 6.36. The van der Waals surface area contributed by atoms with Gasteiger partial charge in [0.05, 0.1) is 28.4 Å². The van der Waals surface area contributed by atoms with Crippen molar-refractivity contribution in [1.82, 2.24) is 9.88 Å². The lowest BCUT2D eigenvalue weighted by atomic mass is 10.1. The topological polar surface area (TPSA) is 92.0 Å². The van der Waals surface area contributed by atoms with Crippen molar-refractivity contribution in [2.45, 2.75) is 0 Å². The Balaban J connectivity index is 0.00000306. The lowest BCUT2D eigenvalue weighted by Crippen LogP contribution is -2.37. The summed E-state index contributed by atoms with van der Waals surface area (Å²) in [6, 6.07) is 12.4. The molecule has 0 atom stereocenters. The lowest BCUT2D eigenvalue weighted by molar-refractivity contribution is -0.384. The van der Waals surface area contributed by atoms with Gasteiger partial charge >= 0.3 is 0 Å². The molecule has 1 amide bonds. The van der Waals surface area contributed by atoms with Crippen LogP contribution < -0.4 is 9.80 Å². The highest BCUT2D eigenvalue weighted by Crippen LogP contribution is 2.33. The highest BCUT2D eigenvalue weighted by Gasteiger charge is 2.27. The molecule has 1 aliphatic rings. The number of morpholine rings is 1. The number of nitrogens with zero attached hydrogens (tertiary/aromatic N) is 5. The average molecular weight is 492 g/mol. The Morgan fingerprint density at radius 1 is 1.18 bits per heavy atom. The minimum atomic E-state index is -0.427. The monoisotopic (exact) mass is 491 g/mol. The van der Waals surface area contributed by atoms with Gasteiger partial charge in [-0.1, -0.05) is 23.5 Å². The van der Waals surface area contributed by atoms with Crippen LogP contribution in [-0.4, -0.2) is 74.2 Å². The third kappa shape index (κ3) is 5.59. The molecule has 2 heterocycles. The Hall–Kier alpha value is -2.79. The van der Waals surface area contributed by atoms with E-state index < -0.39 is 4.92 Å². The quantitative estimate of drug-likeness (QED) is 0.367. The molecule has 0 aliphatic carbocycles. The summed E-state index contributed by atoms with van der Waals surface area (Å²) in [4.78, 5) is 35.1. The maximum absolute atomic E-state index is 13.5. The van der Waals surface area contributed by atoms with E-state index in [1.807, 2.05) is 48.2 Å². The second-order valence-electron chi connectivity index (χ2n) is 7.78. The third-order valence-electron chi connectivity index (χ3n) is 5.30. The van der Waals surface area contributed by atoms with E-state index in [0.717, 1.165) is 10.2 Å². The van der Waals surface area contributed by atoms with E-state index in [0.29, 0.717) is 50.2 Å². The number of likely N-dealkylation sites (N-methyl/N-ethyl adjacent to an activating group) is 1. The molecule has 1 saturated heterocycles. The van der Waals surface area contributed by atoms with Crippen molar-refractivity contribution < 1.29 is 14.5 Å². The van der Waals surface area contributed by atoms with Gasteiger partial charge in [0, 0.05) is 37.8 Å². The van der Waals surface area contributed by atoms with Crippen LogP contribution in [-0.2, 0) is 4.74 Å². The first kappa shape index (κ1) is 24.8. The first-order chi connectivity index (χ1) is 15.4. The summed E-state index contributed by atoms with van der Waals surface area (Å²) in [7, 11) is 3.87. The number of rotatable bonds is 7. The summed E-state index contributed by atoms with van der Waals surface area (Å²) < 4.78 is 6.34. The van der Waals surface area contributed by atoms with Gasteiger partial charge in [0.2, 0.25) is 0 Å². The average Bonchev–Trinajstić information content (AvgIpc) is 3.23. The van der Waals surface area contributed by atoms with Crippen LogP contribution >= 0.6 is 23.7 Å². The Kier molecular flexibility index (Phi) is 8.20. The van der Waals surface area contributed by atoms with E-state index in [9.17, 15) is 14.9 Å². The number of anilines is 2. The van der Waals surface area contributed by atoms with Gasteiger partial charge in [-0.25, -0.2) is 4.98 Å². The van der Waals surface area contributed by atoms with Gasteiger partial charge in [0.15, 0.2) is 5.13 Å². The van der Waals surface area contributed by atoms with Crippen LogP contribution in [0.5, 0.6) is 0 Å². The van der Waals surface area contributed by atoms with Crippen molar-refractivity contribution in [2.75, 3.05) is 63.3 Å². The van der Waals surface area contributed by atoms with Gasteiger partial charge in [0.25, 0.3) is 11.6 Å². The molecule has 4 rings (SSSR count). The Labute approximate surface area is 202 Å². The number of carbonyl (C=O) groups is 1. The number of nitro groups is 1. The molecule has 0 N–H and O–H groups in total. The largest absolute Gasteiger partial charge is 0.378 e. The number of para-hydroxylation sites is 1. The zero-order chi connectivity index (χ0) is 22.7. The minimum Gasteiger partial charge on any atom is -0.378 e. The van der Waals surface area contributed by atoms with E-state index in [-0.39, 0.29) is 29.6 Å². The number of ether oxygens (including phenoxy) is 1. The van der Waals surface area contributed by atoms with Gasteiger partial charge in [0.1, 0.15) is 5.69 Å². The van der Waals surface area contributed by atoms with Gasteiger partial charge in [-0.05, 0) is 38.4 Å².